The molecular formula is C16H15N3O2. The minimum Gasteiger partial charge on any atom is -0.326 e. The van der Waals surface area contributed by atoms with E-state index in [-0.39, 0.29) is 11.8 Å². The summed E-state index contributed by atoms with van der Waals surface area (Å²) in [5.41, 5.74) is 3.75. The minimum atomic E-state index is -0.238. The zero-order valence-corrected chi connectivity index (χ0v) is 11.6. The fourth-order valence-electron chi connectivity index (χ4n) is 2.33. The Bertz CT molecular complexity index is 725. The largest absolute Gasteiger partial charge is 0.326 e. The number of benzene rings is 1. The Labute approximate surface area is 122 Å². The second-order valence-corrected chi connectivity index (χ2v) is 5.04. The number of hydrogen-bond donors (Lipinski definition) is 2. The SMILES string of the molecule is Cc1cccc(C(=O)Nc2ccc3c(c2)CCC(=O)N3)n1. The van der Waals surface area contributed by atoms with Gasteiger partial charge in [-0.15, -0.1) is 0 Å². The van der Waals surface area contributed by atoms with Crippen molar-refractivity contribution >= 4 is 23.2 Å². The van der Waals surface area contributed by atoms with E-state index < -0.39 is 0 Å². The van der Waals surface area contributed by atoms with Crippen LogP contribution in [-0.2, 0) is 11.2 Å². The minimum absolute atomic E-state index is 0.0308. The summed E-state index contributed by atoms with van der Waals surface area (Å²) in [6.45, 7) is 1.85. The van der Waals surface area contributed by atoms with Crippen molar-refractivity contribution in [3.63, 3.8) is 0 Å². The molecule has 2 heterocycles. The van der Waals surface area contributed by atoms with Gasteiger partial charge in [0.15, 0.2) is 0 Å². The Morgan fingerprint density at radius 1 is 1.24 bits per heavy atom. The lowest BCUT2D eigenvalue weighted by Gasteiger charge is -2.17. The zero-order chi connectivity index (χ0) is 14.8. The van der Waals surface area contributed by atoms with Gasteiger partial charge >= 0.3 is 0 Å². The summed E-state index contributed by atoms with van der Waals surface area (Å²) < 4.78 is 0. The molecule has 0 fully saturated rings. The predicted octanol–water partition coefficient (Wildman–Crippen LogP) is 2.53. The molecule has 0 aliphatic carbocycles. The molecule has 1 aliphatic heterocycles. The van der Waals surface area contributed by atoms with Gasteiger partial charge in [0.25, 0.3) is 5.91 Å². The smallest absolute Gasteiger partial charge is 0.274 e. The number of carbonyl (C=O) groups is 2. The molecule has 0 radical (unpaired) electrons. The summed E-state index contributed by atoms with van der Waals surface area (Å²) in [6, 6.07) is 10.8. The van der Waals surface area contributed by atoms with Gasteiger partial charge in [-0.2, -0.15) is 0 Å². The molecule has 21 heavy (non-hydrogen) atoms. The van der Waals surface area contributed by atoms with Crippen LogP contribution in [0, 0.1) is 6.92 Å². The summed E-state index contributed by atoms with van der Waals surface area (Å²) in [4.78, 5) is 27.7. The van der Waals surface area contributed by atoms with Crippen LogP contribution in [0.25, 0.3) is 0 Å². The van der Waals surface area contributed by atoms with Gasteiger partial charge in [-0.3, -0.25) is 9.59 Å². The van der Waals surface area contributed by atoms with Crippen molar-refractivity contribution in [1.82, 2.24) is 4.98 Å². The van der Waals surface area contributed by atoms with Gasteiger partial charge in [0.1, 0.15) is 5.69 Å². The number of rotatable bonds is 2. The average molecular weight is 281 g/mol. The molecule has 106 valence electrons. The van der Waals surface area contributed by atoms with Crippen molar-refractivity contribution in [3.05, 3.63) is 53.3 Å². The zero-order valence-electron chi connectivity index (χ0n) is 11.6. The third-order valence-corrected chi connectivity index (χ3v) is 3.38. The number of nitrogens with one attached hydrogen (secondary N) is 2. The Balaban J connectivity index is 1.79. The van der Waals surface area contributed by atoms with E-state index >= 15 is 0 Å². The van der Waals surface area contributed by atoms with E-state index in [1.54, 1.807) is 18.2 Å². The maximum Gasteiger partial charge on any atom is 0.274 e. The third kappa shape index (κ3) is 2.91. The number of hydrogen-bond acceptors (Lipinski definition) is 3. The highest BCUT2D eigenvalue weighted by molar-refractivity contribution is 6.03. The monoisotopic (exact) mass is 281 g/mol. The fraction of sp³-hybridized carbons (Fsp3) is 0.188. The van der Waals surface area contributed by atoms with E-state index in [0.29, 0.717) is 24.2 Å². The van der Waals surface area contributed by atoms with Crippen LogP contribution in [0.2, 0.25) is 0 Å². The van der Waals surface area contributed by atoms with Gasteiger partial charge in [0.2, 0.25) is 5.91 Å². The number of pyridine rings is 1. The number of amides is 2. The average Bonchev–Trinajstić information content (AvgIpc) is 2.47. The van der Waals surface area contributed by atoms with Crippen molar-refractivity contribution in [2.75, 3.05) is 10.6 Å². The first kappa shape index (κ1) is 13.3. The molecule has 5 nitrogen and oxygen atoms in total. The second-order valence-electron chi connectivity index (χ2n) is 5.04. The van der Waals surface area contributed by atoms with E-state index in [9.17, 15) is 9.59 Å². The molecule has 0 bridgehead atoms. The molecule has 1 aliphatic rings. The molecule has 3 rings (SSSR count). The van der Waals surface area contributed by atoms with Crippen molar-refractivity contribution in [2.24, 2.45) is 0 Å². The van der Waals surface area contributed by atoms with Crippen molar-refractivity contribution in [3.8, 4) is 0 Å². The molecule has 2 N–H and O–H groups in total. The van der Waals surface area contributed by atoms with Crippen LogP contribution in [0.4, 0.5) is 11.4 Å². The maximum absolute atomic E-state index is 12.1. The fourth-order valence-corrected chi connectivity index (χ4v) is 2.33. The van der Waals surface area contributed by atoms with E-state index in [1.807, 2.05) is 25.1 Å². The molecule has 0 saturated heterocycles. The van der Waals surface area contributed by atoms with E-state index in [2.05, 4.69) is 15.6 Å². The summed E-state index contributed by atoms with van der Waals surface area (Å²) in [5.74, 6) is -0.207. The van der Waals surface area contributed by atoms with Crippen LogP contribution < -0.4 is 10.6 Å². The number of anilines is 2. The maximum atomic E-state index is 12.1. The van der Waals surface area contributed by atoms with Crippen LogP contribution in [0.15, 0.2) is 36.4 Å². The highest BCUT2D eigenvalue weighted by Gasteiger charge is 2.15. The lowest BCUT2D eigenvalue weighted by atomic mass is 10.0. The van der Waals surface area contributed by atoms with Gasteiger partial charge in [-0.25, -0.2) is 4.98 Å². The molecule has 0 atom stereocenters. The van der Waals surface area contributed by atoms with E-state index in [4.69, 9.17) is 0 Å². The number of carbonyl (C=O) groups excluding carboxylic acids is 2. The van der Waals surface area contributed by atoms with Crippen molar-refractivity contribution in [1.29, 1.82) is 0 Å². The number of aryl methyl sites for hydroxylation is 2. The highest BCUT2D eigenvalue weighted by Crippen LogP contribution is 2.25. The second kappa shape index (κ2) is 5.36. The van der Waals surface area contributed by atoms with Crippen LogP contribution in [0.5, 0.6) is 0 Å². The Kier molecular flexibility index (Phi) is 3.39. The summed E-state index contributed by atoms with van der Waals surface area (Å²) in [6.07, 6.45) is 1.16. The number of nitrogens with zero attached hydrogens (tertiary/aromatic N) is 1. The molecule has 5 heteroatoms. The Morgan fingerprint density at radius 2 is 2.10 bits per heavy atom. The first-order chi connectivity index (χ1) is 10.1. The van der Waals surface area contributed by atoms with Crippen LogP contribution >= 0.6 is 0 Å². The van der Waals surface area contributed by atoms with Crippen LogP contribution in [-0.4, -0.2) is 16.8 Å². The lowest BCUT2D eigenvalue weighted by Crippen LogP contribution is -2.19. The van der Waals surface area contributed by atoms with E-state index in [0.717, 1.165) is 16.9 Å². The Morgan fingerprint density at radius 3 is 2.90 bits per heavy atom. The molecule has 0 spiro atoms. The molecule has 1 aromatic heterocycles. The van der Waals surface area contributed by atoms with Crippen LogP contribution in [0.1, 0.15) is 28.2 Å². The molecule has 0 saturated carbocycles. The first-order valence-corrected chi connectivity index (χ1v) is 6.79. The molecule has 2 aromatic rings. The summed E-state index contributed by atoms with van der Waals surface area (Å²) in [5, 5.41) is 5.65. The van der Waals surface area contributed by atoms with Gasteiger partial charge < -0.3 is 10.6 Å². The van der Waals surface area contributed by atoms with Crippen molar-refractivity contribution in [2.45, 2.75) is 19.8 Å². The Hall–Kier alpha value is -2.69. The lowest BCUT2D eigenvalue weighted by molar-refractivity contribution is -0.116. The normalized spacial score (nSPS) is 13.3. The molecule has 1 aromatic carbocycles. The quantitative estimate of drug-likeness (QED) is 0.888. The number of fused-ring (bicyclic) bond motifs is 1. The topological polar surface area (TPSA) is 71.1 Å². The number of aromatic nitrogens is 1. The van der Waals surface area contributed by atoms with Gasteiger partial charge in [-0.05, 0) is 49.2 Å². The molecular weight excluding hydrogens is 266 g/mol. The summed E-state index contributed by atoms with van der Waals surface area (Å²) in [7, 11) is 0. The van der Waals surface area contributed by atoms with E-state index in [1.165, 1.54) is 0 Å². The molecule has 0 unspecified atom stereocenters. The standard InChI is InChI=1S/C16H15N3O2/c1-10-3-2-4-14(17-10)16(21)18-12-6-7-13-11(9-12)5-8-15(20)19-13/h2-4,6-7,9H,5,8H2,1H3,(H,18,21)(H,19,20). The van der Waals surface area contributed by atoms with Gasteiger partial charge in [-0.1, -0.05) is 6.07 Å². The predicted molar refractivity (Wildman–Crippen MR) is 80.3 cm³/mol. The van der Waals surface area contributed by atoms with Gasteiger partial charge in [0, 0.05) is 23.5 Å². The van der Waals surface area contributed by atoms with Crippen molar-refractivity contribution < 1.29 is 9.59 Å². The van der Waals surface area contributed by atoms with Crippen LogP contribution in [0.3, 0.4) is 0 Å². The summed E-state index contributed by atoms with van der Waals surface area (Å²) >= 11 is 0. The third-order valence-electron chi connectivity index (χ3n) is 3.38. The van der Waals surface area contributed by atoms with Gasteiger partial charge in [0.05, 0.1) is 0 Å². The highest BCUT2D eigenvalue weighted by atomic mass is 16.2. The molecule has 2 amide bonds. The first-order valence-electron chi connectivity index (χ1n) is 6.79.